The Morgan fingerprint density at radius 1 is 0.450 bits per heavy atom. The Morgan fingerprint density at radius 2 is 1.18 bits per heavy atom. The molecule has 0 saturated heterocycles. The van der Waals surface area contributed by atoms with E-state index in [9.17, 15) is 0 Å². The van der Waals surface area contributed by atoms with Gasteiger partial charge in [0.05, 0.1) is 27.6 Å². The third-order valence-electron chi connectivity index (χ3n) is 8.32. The normalized spacial score (nSPS) is 12.0. The van der Waals surface area contributed by atoms with Gasteiger partial charge in [-0.1, -0.05) is 97.1 Å². The molecular formula is C37H23N3. The van der Waals surface area contributed by atoms with Gasteiger partial charge in [0.25, 0.3) is 0 Å². The number of benzene rings is 5. The van der Waals surface area contributed by atoms with Crippen molar-refractivity contribution in [3.63, 3.8) is 0 Å². The molecule has 9 rings (SSSR count). The molecule has 0 radical (unpaired) electrons. The quantitative estimate of drug-likeness (QED) is 0.213. The molecule has 0 bridgehead atoms. The molecule has 0 atom stereocenters. The second-order valence-corrected chi connectivity index (χ2v) is 10.4. The summed E-state index contributed by atoms with van der Waals surface area (Å²) >= 11 is 0. The van der Waals surface area contributed by atoms with Crippen LogP contribution in [0.25, 0.3) is 76.8 Å². The number of pyridine rings is 2. The first-order valence-corrected chi connectivity index (χ1v) is 13.7. The highest BCUT2D eigenvalue weighted by Gasteiger charge is 2.20. The number of rotatable bonds is 2. The molecule has 0 fully saturated rings. The summed E-state index contributed by atoms with van der Waals surface area (Å²) in [5, 5.41) is 7.52. The molecule has 3 nitrogen and oxygen atoms in total. The van der Waals surface area contributed by atoms with Gasteiger partial charge in [0.2, 0.25) is 0 Å². The van der Waals surface area contributed by atoms with E-state index in [0.717, 1.165) is 22.4 Å². The molecule has 4 aromatic heterocycles. The second kappa shape index (κ2) is 8.05. The van der Waals surface area contributed by atoms with Gasteiger partial charge in [-0.05, 0) is 52.9 Å². The molecule has 3 heteroatoms. The maximum Gasteiger partial charge on any atom is 0.138 e. The predicted molar refractivity (Wildman–Crippen MR) is 167 cm³/mol. The van der Waals surface area contributed by atoms with Gasteiger partial charge in [0, 0.05) is 33.1 Å². The van der Waals surface area contributed by atoms with E-state index in [4.69, 9.17) is 4.98 Å². The Morgan fingerprint density at radius 3 is 2.05 bits per heavy atom. The van der Waals surface area contributed by atoms with Crippen molar-refractivity contribution in [2.75, 3.05) is 0 Å². The van der Waals surface area contributed by atoms with Crippen molar-refractivity contribution in [1.29, 1.82) is 0 Å². The molecule has 40 heavy (non-hydrogen) atoms. The number of para-hydroxylation sites is 2. The van der Waals surface area contributed by atoms with Gasteiger partial charge < -0.3 is 4.40 Å². The van der Waals surface area contributed by atoms with Gasteiger partial charge in [-0.15, -0.1) is 0 Å². The van der Waals surface area contributed by atoms with Crippen molar-refractivity contribution >= 4 is 59.9 Å². The first-order chi connectivity index (χ1) is 19.9. The third kappa shape index (κ3) is 2.86. The summed E-state index contributed by atoms with van der Waals surface area (Å²) < 4.78 is 4.79. The van der Waals surface area contributed by atoms with Crippen LogP contribution in [0.5, 0.6) is 0 Å². The number of hydrogen-bond donors (Lipinski definition) is 0. The Balaban J connectivity index is 1.50. The van der Waals surface area contributed by atoms with Crippen molar-refractivity contribution in [2.24, 2.45) is 0 Å². The van der Waals surface area contributed by atoms with E-state index in [0.29, 0.717) is 0 Å². The van der Waals surface area contributed by atoms with Crippen LogP contribution in [0.15, 0.2) is 140 Å². The molecule has 0 aliphatic rings. The standard InChI is InChI=1S/C37H23N3/c1-2-10-24(11-3-1)25-20-21-38-35(23-25)39-32-17-9-7-15-30(32)36-33(39)19-18-29-27-13-5-6-14-28(27)34-22-26-12-4-8-16-31(26)40(34)37(29)36/h1-23H. The number of aromatic nitrogens is 3. The summed E-state index contributed by atoms with van der Waals surface area (Å²) in [6.07, 6.45) is 1.92. The highest BCUT2D eigenvalue weighted by molar-refractivity contribution is 6.27. The van der Waals surface area contributed by atoms with Crippen molar-refractivity contribution in [3.8, 4) is 16.9 Å². The third-order valence-corrected chi connectivity index (χ3v) is 8.32. The van der Waals surface area contributed by atoms with Gasteiger partial charge in [-0.3, -0.25) is 4.57 Å². The topological polar surface area (TPSA) is 22.2 Å². The zero-order valence-electron chi connectivity index (χ0n) is 21.6. The lowest BCUT2D eigenvalue weighted by Crippen LogP contribution is -1.98. The van der Waals surface area contributed by atoms with Crippen LogP contribution in [0.2, 0.25) is 0 Å². The lowest BCUT2D eigenvalue weighted by molar-refractivity contribution is 1.08. The fourth-order valence-electron chi connectivity index (χ4n) is 6.62. The summed E-state index contributed by atoms with van der Waals surface area (Å²) in [5.74, 6) is 0.918. The van der Waals surface area contributed by atoms with Crippen molar-refractivity contribution in [1.82, 2.24) is 14.0 Å². The van der Waals surface area contributed by atoms with E-state index in [1.807, 2.05) is 6.20 Å². The second-order valence-electron chi connectivity index (χ2n) is 10.4. The average Bonchev–Trinajstić information content (AvgIpc) is 3.58. The van der Waals surface area contributed by atoms with E-state index in [2.05, 4.69) is 142 Å². The van der Waals surface area contributed by atoms with Gasteiger partial charge in [0.15, 0.2) is 0 Å². The monoisotopic (exact) mass is 509 g/mol. The first kappa shape index (κ1) is 21.5. The van der Waals surface area contributed by atoms with E-state index < -0.39 is 0 Å². The van der Waals surface area contributed by atoms with Crippen molar-refractivity contribution in [3.05, 3.63) is 140 Å². The van der Waals surface area contributed by atoms with Crippen LogP contribution in [-0.4, -0.2) is 14.0 Å². The molecule has 0 amide bonds. The number of hydrogen-bond acceptors (Lipinski definition) is 1. The summed E-state index contributed by atoms with van der Waals surface area (Å²) in [6.45, 7) is 0. The van der Waals surface area contributed by atoms with Crippen LogP contribution in [0.1, 0.15) is 0 Å². The molecule has 9 aromatic rings. The van der Waals surface area contributed by atoms with E-state index in [-0.39, 0.29) is 0 Å². The Bertz CT molecular complexity index is 2430. The molecule has 0 aliphatic heterocycles. The minimum atomic E-state index is 0.918. The van der Waals surface area contributed by atoms with Crippen LogP contribution >= 0.6 is 0 Å². The molecule has 0 N–H and O–H groups in total. The summed E-state index contributed by atoms with van der Waals surface area (Å²) in [5.41, 5.74) is 8.34. The number of nitrogens with zero attached hydrogens (tertiary/aromatic N) is 3. The molecule has 0 aliphatic carbocycles. The van der Waals surface area contributed by atoms with Crippen molar-refractivity contribution < 1.29 is 0 Å². The van der Waals surface area contributed by atoms with Crippen molar-refractivity contribution in [2.45, 2.75) is 0 Å². The maximum absolute atomic E-state index is 4.90. The fourth-order valence-corrected chi connectivity index (χ4v) is 6.62. The Kier molecular flexibility index (Phi) is 4.33. The summed E-state index contributed by atoms with van der Waals surface area (Å²) in [6, 6.07) is 47.9. The minimum Gasteiger partial charge on any atom is -0.308 e. The highest BCUT2D eigenvalue weighted by Crippen LogP contribution is 2.41. The Labute approximate surface area is 230 Å². The zero-order valence-corrected chi connectivity index (χ0v) is 21.6. The van der Waals surface area contributed by atoms with E-state index in [1.165, 1.54) is 54.4 Å². The van der Waals surface area contributed by atoms with Crippen LogP contribution < -0.4 is 0 Å². The first-order valence-electron chi connectivity index (χ1n) is 13.7. The van der Waals surface area contributed by atoms with Gasteiger partial charge in [0.1, 0.15) is 5.82 Å². The van der Waals surface area contributed by atoms with Crippen LogP contribution in [0, 0.1) is 0 Å². The molecule has 186 valence electrons. The van der Waals surface area contributed by atoms with Gasteiger partial charge in [-0.25, -0.2) is 4.98 Å². The van der Waals surface area contributed by atoms with Crippen LogP contribution in [0.4, 0.5) is 0 Å². The molecule has 0 spiro atoms. The van der Waals surface area contributed by atoms with Gasteiger partial charge in [-0.2, -0.15) is 0 Å². The van der Waals surface area contributed by atoms with Crippen LogP contribution in [0.3, 0.4) is 0 Å². The molecule has 0 unspecified atom stereocenters. The molecule has 4 heterocycles. The molecule has 0 saturated carbocycles. The van der Waals surface area contributed by atoms with Crippen LogP contribution in [-0.2, 0) is 0 Å². The highest BCUT2D eigenvalue weighted by atomic mass is 15.1. The minimum absolute atomic E-state index is 0.918. The zero-order chi connectivity index (χ0) is 26.2. The van der Waals surface area contributed by atoms with E-state index >= 15 is 0 Å². The fraction of sp³-hybridized carbons (Fsp3) is 0. The summed E-state index contributed by atoms with van der Waals surface area (Å²) in [4.78, 5) is 4.90. The van der Waals surface area contributed by atoms with Gasteiger partial charge >= 0.3 is 0 Å². The molecular weight excluding hydrogens is 486 g/mol. The largest absolute Gasteiger partial charge is 0.308 e. The average molecular weight is 510 g/mol. The molecule has 5 aromatic carbocycles. The lowest BCUT2D eigenvalue weighted by Gasteiger charge is -2.13. The smallest absolute Gasteiger partial charge is 0.138 e. The lowest BCUT2D eigenvalue weighted by atomic mass is 10.0. The maximum atomic E-state index is 4.90. The Hall–Kier alpha value is -5.41. The predicted octanol–water partition coefficient (Wildman–Crippen LogP) is 9.56. The summed E-state index contributed by atoms with van der Waals surface area (Å²) in [7, 11) is 0. The number of fused-ring (bicyclic) bond motifs is 12. The SMILES string of the molecule is c1ccc(-c2ccnc(-n3c4ccccc4c4c3ccc3c5ccccc5c5cc6ccccc6n5c34)c2)cc1. The van der Waals surface area contributed by atoms with E-state index in [1.54, 1.807) is 0 Å².